The first-order valence-electron chi connectivity index (χ1n) is 8.77. The van der Waals surface area contributed by atoms with Gasteiger partial charge in [-0.1, -0.05) is 19.1 Å². The minimum atomic E-state index is -4.53. The summed E-state index contributed by atoms with van der Waals surface area (Å²) in [5.74, 6) is -0.214. The second-order valence-corrected chi connectivity index (χ2v) is 6.72. The van der Waals surface area contributed by atoms with Gasteiger partial charge in [0.1, 0.15) is 5.75 Å². The second kappa shape index (κ2) is 7.90. The number of rotatable bonds is 5. The Balaban J connectivity index is 1.56. The fourth-order valence-corrected chi connectivity index (χ4v) is 3.09. The summed E-state index contributed by atoms with van der Waals surface area (Å²) in [4.78, 5) is 14.3. The van der Waals surface area contributed by atoms with Crippen molar-refractivity contribution in [3.63, 3.8) is 0 Å². The van der Waals surface area contributed by atoms with Gasteiger partial charge in [-0.05, 0) is 48.7 Å². The Morgan fingerprint density at radius 3 is 2.52 bits per heavy atom. The summed E-state index contributed by atoms with van der Waals surface area (Å²) in [5, 5.41) is 2.63. The molecule has 1 N–H and O–H groups in total. The van der Waals surface area contributed by atoms with Crippen molar-refractivity contribution in [1.29, 1.82) is 0 Å². The maximum Gasteiger partial charge on any atom is 0.419 e. The average Bonchev–Trinajstić information content (AvgIpc) is 3.06. The molecule has 0 spiro atoms. The number of halogens is 3. The van der Waals surface area contributed by atoms with Crippen LogP contribution in [0.1, 0.15) is 18.9 Å². The van der Waals surface area contributed by atoms with E-state index in [-0.39, 0.29) is 5.75 Å². The third kappa shape index (κ3) is 4.93. The number of anilines is 2. The minimum Gasteiger partial charge on any atom is -0.483 e. The van der Waals surface area contributed by atoms with E-state index >= 15 is 0 Å². The van der Waals surface area contributed by atoms with Crippen molar-refractivity contribution in [2.24, 2.45) is 5.92 Å². The highest BCUT2D eigenvalue weighted by Gasteiger charge is 2.34. The monoisotopic (exact) mass is 378 g/mol. The lowest BCUT2D eigenvalue weighted by atomic mass is 10.2. The number of hydrogen-bond donors (Lipinski definition) is 1. The van der Waals surface area contributed by atoms with Crippen LogP contribution in [0.2, 0.25) is 0 Å². The molecule has 0 aliphatic carbocycles. The molecule has 1 atom stereocenters. The molecule has 1 fully saturated rings. The number of para-hydroxylation sites is 1. The molecule has 0 radical (unpaired) electrons. The number of hydrogen-bond acceptors (Lipinski definition) is 3. The number of nitrogens with one attached hydrogen (secondary N) is 1. The Hall–Kier alpha value is -2.70. The number of carbonyl (C=O) groups excluding carboxylic acids is 1. The van der Waals surface area contributed by atoms with Gasteiger partial charge in [0.15, 0.2) is 6.61 Å². The van der Waals surface area contributed by atoms with Gasteiger partial charge in [-0.25, -0.2) is 0 Å². The molecule has 1 heterocycles. The van der Waals surface area contributed by atoms with E-state index in [1.165, 1.54) is 18.2 Å². The first-order chi connectivity index (χ1) is 12.8. The molecule has 1 amide bonds. The Morgan fingerprint density at radius 1 is 1.19 bits per heavy atom. The van der Waals surface area contributed by atoms with Crippen LogP contribution in [0.4, 0.5) is 24.5 Å². The molecule has 1 aliphatic heterocycles. The Morgan fingerprint density at radius 2 is 1.89 bits per heavy atom. The lowest BCUT2D eigenvalue weighted by Crippen LogP contribution is -2.21. The first kappa shape index (κ1) is 19.1. The fraction of sp³-hybridized carbons (Fsp3) is 0.350. The first-order valence-corrected chi connectivity index (χ1v) is 8.77. The van der Waals surface area contributed by atoms with Gasteiger partial charge in [0.25, 0.3) is 5.91 Å². The molecular formula is C20H21F3N2O2. The molecule has 2 aromatic carbocycles. The van der Waals surface area contributed by atoms with Crippen molar-refractivity contribution >= 4 is 17.3 Å². The fourth-order valence-electron chi connectivity index (χ4n) is 3.09. The molecule has 0 aromatic heterocycles. The maximum atomic E-state index is 12.9. The van der Waals surface area contributed by atoms with Crippen LogP contribution in [0.25, 0.3) is 0 Å². The number of ether oxygens (including phenoxy) is 1. The predicted molar refractivity (Wildman–Crippen MR) is 98.0 cm³/mol. The van der Waals surface area contributed by atoms with Crippen LogP contribution >= 0.6 is 0 Å². The van der Waals surface area contributed by atoms with E-state index < -0.39 is 24.3 Å². The lowest BCUT2D eigenvalue weighted by molar-refractivity contribution is -0.139. The zero-order valence-corrected chi connectivity index (χ0v) is 14.9. The molecule has 0 bridgehead atoms. The van der Waals surface area contributed by atoms with Gasteiger partial charge in [0.05, 0.1) is 5.56 Å². The second-order valence-electron chi connectivity index (χ2n) is 6.72. The van der Waals surface area contributed by atoms with Gasteiger partial charge in [-0.3, -0.25) is 4.79 Å². The van der Waals surface area contributed by atoms with Crippen molar-refractivity contribution in [3.05, 3.63) is 54.1 Å². The van der Waals surface area contributed by atoms with Gasteiger partial charge >= 0.3 is 6.18 Å². The highest BCUT2D eigenvalue weighted by molar-refractivity contribution is 5.92. The summed E-state index contributed by atoms with van der Waals surface area (Å²) in [7, 11) is 0. The van der Waals surface area contributed by atoms with E-state index in [2.05, 4.69) is 17.1 Å². The van der Waals surface area contributed by atoms with Crippen LogP contribution in [0.5, 0.6) is 5.75 Å². The number of amides is 1. The van der Waals surface area contributed by atoms with Crippen molar-refractivity contribution in [2.45, 2.75) is 19.5 Å². The number of nitrogens with zero attached hydrogens (tertiary/aromatic N) is 1. The number of carbonyl (C=O) groups is 1. The zero-order valence-electron chi connectivity index (χ0n) is 14.9. The van der Waals surface area contributed by atoms with Gasteiger partial charge in [0, 0.05) is 24.5 Å². The molecular weight excluding hydrogens is 357 g/mol. The zero-order chi connectivity index (χ0) is 19.4. The molecule has 1 unspecified atom stereocenters. The maximum absolute atomic E-state index is 12.9. The molecule has 7 heteroatoms. The summed E-state index contributed by atoms with van der Waals surface area (Å²) in [6.07, 6.45) is -3.37. The summed E-state index contributed by atoms with van der Waals surface area (Å²) >= 11 is 0. The van der Waals surface area contributed by atoms with E-state index in [4.69, 9.17) is 4.74 Å². The number of benzene rings is 2. The third-order valence-corrected chi connectivity index (χ3v) is 4.49. The highest BCUT2D eigenvalue weighted by Crippen LogP contribution is 2.35. The number of alkyl halides is 3. The van der Waals surface area contributed by atoms with Gasteiger partial charge in [0.2, 0.25) is 0 Å². The molecule has 3 rings (SSSR count). The molecule has 4 nitrogen and oxygen atoms in total. The van der Waals surface area contributed by atoms with Crippen LogP contribution in [-0.2, 0) is 11.0 Å². The van der Waals surface area contributed by atoms with Crippen molar-refractivity contribution in [2.75, 3.05) is 29.9 Å². The van der Waals surface area contributed by atoms with E-state index in [1.807, 2.05) is 12.1 Å². The Kier molecular flexibility index (Phi) is 5.58. The average molecular weight is 378 g/mol. The smallest absolute Gasteiger partial charge is 0.419 e. The summed E-state index contributed by atoms with van der Waals surface area (Å²) in [5.41, 5.74) is 0.762. The van der Waals surface area contributed by atoms with E-state index in [0.717, 1.165) is 31.3 Å². The van der Waals surface area contributed by atoms with Gasteiger partial charge in [-0.2, -0.15) is 13.2 Å². The minimum absolute atomic E-state index is 0.362. The summed E-state index contributed by atoms with van der Waals surface area (Å²) in [6, 6.07) is 12.2. The van der Waals surface area contributed by atoms with E-state index in [9.17, 15) is 18.0 Å². The predicted octanol–water partition coefficient (Wildman–Crippen LogP) is 4.57. The van der Waals surface area contributed by atoms with Gasteiger partial charge in [-0.15, -0.1) is 0 Å². The molecule has 27 heavy (non-hydrogen) atoms. The summed E-state index contributed by atoms with van der Waals surface area (Å²) < 4.78 is 43.8. The SMILES string of the molecule is CC1CCN(c2ccc(NC(=O)COc3ccccc3C(F)(F)F)cc2)C1. The highest BCUT2D eigenvalue weighted by atomic mass is 19.4. The normalized spacial score (nSPS) is 17.0. The third-order valence-electron chi connectivity index (χ3n) is 4.49. The van der Waals surface area contributed by atoms with Crippen LogP contribution in [0.3, 0.4) is 0 Å². The Labute approximate surface area is 155 Å². The molecule has 2 aromatic rings. The molecule has 1 aliphatic rings. The Bertz CT molecular complexity index is 791. The molecule has 144 valence electrons. The largest absolute Gasteiger partial charge is 0.483 e. The van der Waals surface area contributed by atoms with Crippen LogP contribution in [0.15, 0.2) is 48.5 Å². The van der Waals surface area contributed by atoms with Crippen LogP contribution < -0.4 is 15.0 Å². The molecule has 0 saturated carbocycles. The van der Waals surface area contributed by atoms with Crippen molar-refractivity contribution in [3.8, 4) is 5.75 Å². The van der Waals surface area contributed by atoms with Crippen molar-refractivity contribution in [1.82, 2.24) is 0 Å². The summed E-state index contributed by atoms with van der Waals surface area (Å²) in [6.45, 7) is 3.74. The quantitative estimate of drug-likeness (QED) is 0.829. The van der Waals surface area contributed by atoms with Crippen LogP contribution in [-0.4, -0.2) is 25.6 Å². The van der Waals surface area contributed by atoms with Crippen molar-refractivity contribution < 1.29 is 22.7 Å². The molecule has 1 saturated heterocycles. The van der Waals surface area contributed by atoms with E-state index in [0.29, 0.717) is 11.6 Å². The standard InChI is InChI=1S/C20H21F3N2O2/c1-14-10-11-25(12-14)16-8-6-15(7-9-16)24-19(26)13-27-18-5-3-2-4-17(18)20(21,22)23/h2-9,14H,10-13H2,1H3,(H,24,26). The topological polar surface area (TPSA) is 41.6 Å². The van der Waals surface area contributed by atoms with E-state index in [1.54, 1.807) is 12.1 Å². The van der Waals surface area contributed by atoms with Crippen LogP contribution in [0, 0.1) is 5.92 Å². The van der Waals surface area contributed by atoms with Gasteiger partial charge < -0.3 is 15.0 Å². The lowest BCUT2D eigenvalue weighted by Gasteiger charge is -2.18.